The monoisotopic (exact) mass is 611 g/mol. The number of hydrogen-bond acceptors (Lipinski definition) is 8. The van der Waals surface area contributed by atoms with Crippen LogP contribution in [0.3, 0.4) is 0 Å². The molecule has 0 N–H and O–H groups in total. The molecule has 41 heavy (non-hydrogen) atoms. The summed E-state index contributed by atoms with van der Waals surface area (Å²) in [7, 11) is -6.14. The molecule has 0 spiro atoms. The minimum Gasteiger partial charge on any atom is -0.497 e. The molecule has 3 aromatic carbocycles. The molecule has 0 saturated heterocycles. The highest BCUT2D eigenvalue weighted by Crippen LogP contribution is 2.34. The van der Waals surface area contributed by atoms with Gasteiger partial charge in [-0.25, -0.2) is 8.42 Å². The Hall–Kier alpha value is -4.01. The predicted octanol–water partition coefficient (Wildman–Crippen LogP) is 5.47. The van der Waals surface area contributed by atoms with E-state index in [1.165, 1.54) is 62.9 Å². The summed E-state index contributed by atoms with van der Waals surface area (Å²) in [5, 5.41) is 0. The van der Waals surface area contributed by atoms with Crippen LogP contribution in [0.25, 0.3) is 0 Å². The Bertz CT molecular complexity index is 1700. The quantitative estimate of drug-likeness (QED) is 0.205. The van der Waals surface area contributed by atoms with Gasteiger partial charge in [-0.05, 0) is 72.3 Å². The number of ether oxygens (including phenoxy) is 2. The molecule has 0 amide bonds. The van der Waals surface area contributed by atoms with Gasteiger partial charge < -0.3 is 18.1 Å². The number of hydrogen-bond donors (Lipinski definition) is 0. The fraction of sp³-hybridized carbons (Fsp3) is 0.185. The summed E-state index contributed by atoms with van der Waals surface area (Å²) in [6.07, 6.45) is -3.37. The van der Waals surface area contributed by atoms with Gasteiger partial charge in [0.1, 0.15) is 16.4 Å². The van der Waals surface area contributed by atoms with Gasteiger partial charge >= 0.3 is 16.3 Å². The number of methoxy groups -OCH3 is 2. The molecule has 0 atom stereocenters. The standard InChI is InChI=1S/C27H24F3NO8S2/c1-36-21-9-11-23(12-10-21)40(32,33)31(18-22-6-4-14-38-22)17-19-8-13-25(37-2)26(15-19)39-41(34,35)24-7-3-5-20(16-24)27(28,29)30/h3-16H,17-18H2,1-2H3. The van der Waals surface area contributed by atoms with Crippen molar-refractivity contribution in [2.75, 3.05) is 14.2 Å². The summed E-state index contributed by atoms with van der Waals surface area (Å²) in [5.41, 5.74) is -0.871. The largest absolute Gasteiger partial charge is 0.497 e. The summed E-state index contributed by atoms with van der Waals surface area (Å²) in [5.74, 6) is 0.418. The molecule has 14 heteroatoms. The number of furan rings is 1. The number of halogens is 3. The van der Waals surface area contributed by atoms with Gasteiger partial charge in [0.05, 0.1) is 37.5 Å². The Morgan fingerprint density at radius 1 is 0.780 bits per heavy atom. The lowest BCUT2D eigenvalue weighted by Gasteiger charge is -2.22. The van der Waals surface area contributed by atoms with Crippen LogP contribution in [-0.2, 0) is 39.4 Å². The van der Waals surface area contributed by atoms with E-state index in [1.54, 1.807) is 12.1 Å². The fourth-order valence-electron chi connectivity index (χ4n) is 3.78. The van der Waals surface area contributed by atoms with Crippen LogP contribution < -0.4 is 13.7 Å². The van der Waals surface area contributed by atoms with Gasteiger partial charge in [0.15, 0.2) is 11.5 Å². The Balaban J connectivity index is 1.68. The Morgan fingerprint density at radius 2 is 1.51 bits per heavy atom. The topological polar surface area (TPSA) is 112 Å². The van der Waals surface area contributed by atoms with Gasteiger partial charge in [-0.2, -0.15) is 25.9 Å². The number of alkyl halides is 3. The van der Waals surface area contributed by atoms with Crippen molar-refractivity contribution in [2.24, 2.45) is 0 Å². The molecule has 1 heterocycles. The molecule has 0 bridgehead atoms. The average Bonchev–Trinajstić information content (AvgIpc) is 3.45. The lowest BCUT2D eigenvalue weighted by molar-refractivity contribution is -0.137. The maximum atomic E-state index is 13.6. The summed E-state index contributed by atoms with van der Waals surface area (Å²) >= 11 is 0. The number of nitrogens with zero attached hydrogens (tertiary/aromatic N) is 1. The third-order valence-corrected chi connectivity index (χ3v) is 8.88. The minimum atomic E-state index is -4.77. The van der Waals surface area contributed by atoms with Crippen LogP contribution in [0.2, 0.25) is 0 Å². The van der Waals surface area contributed by atoms with Gasteiger partial charge in [0, 0.05) is 6.54 Å². The van der Waals surface area contributed by atoms with Crippen LogP contribution in [0.4, 0.5) is 13.2 Å². The smallest absolute Gasteiger partial charge is 0.416 e. The normalized spacial score (nSPS) is 12.3. The van der Waals surface area contributed by atoms with Crippen molar-refractivity contribution in [2.45, 2.75) is 29.1 Å². The summed E-state index contributed by atoms with van der Waals surface area (Å²) < 4.78 is 114. The van der Waals surface area contributed by atoms with E-state index >= 15 is 0 Å². The van der Waals surface area contributed by atoms with E-state index in [9.17, 15) is 30.0 Å². The van der Waals surface area contributed by atoms with Crippen molar-refractivity contribution in [1.29, 1.82) is 0 Å². The van der Waals surface area contributed by atoms with Crippen molar-refractivity contribution in [1.82, 2.24) is 4.31 Å². The summed E-state index contributed by atoms with van der Waals surface area (Å²) in [4.78, 5) is -0.747. The molecule has 1 aromatic heterocycles. The number of sulfonamides is 1. The molecule has 4 aromatic rings. The van der Waals surface area contributed by atoms with E-state index in [1.807, 2.05) is 0 Å². The number of benzene rings is 3. The van der Waals surface area contributed by atoms with Crippen LogP contribution in [0.1, 0.15) is 16.9 Å². The highest BCUT2D eigenvalue weighted by molar-refractivity contribution is 7.89. The SMILES string of the molecule is COc1ccc(S(=O)(=O)N(Cc2ccc(OC)c(OS(=O)(=O)c3cccc(C(F)(F)F)c3)c2)Cc2ccco2)cc1. The van der Waals surface area contributed by atoms with E-state index in [0.717, 1.165) is 22.5 Å². The highest BCUT2D eigenvalue weighted by atomic mass is 32.2. The lowest BCUT2D eigenvalue weighted by atomic mass is 10.2. The lowest BCUT2D eigenvalue weighted by Crippen LogP contribution is -2.30. The van der Waals surface area contributed by atoms with Gasteiger partial charge in [-0.15, -0.1) is 0 Å². The summed E-state index contributed by atoms with van der Waals surface area (Å²) in [6.45, 7) is -0.412. The molecule has 0 aliphatic heterocycles. The molecule has 218 valence electrons. The van der Waals surface area contributed by atoms with Crippen LogP contribution in [-0.4, -0.2) is 35.4 Å². The number of rotatable bonds is 11. The first-order valence-electron chi connectivity index (χ1n) is 11.8. The first-order chi connectivity index (χ1) is 19.3. The molecule has 0 aliphatic carbocycles. The van der Waals surface area contributed by atoms with Crippen LogP contribution >= 0.6 is 0 Å². The van der Waals surface area contributed by atoms with E-state index in [4.69, 9.17) is 18.1 Å². The molecule has 0 saturated carbocycles. The minimum absolute atomic E-state index is 0.0260. The van der Waals surface area contributed by atoms with E-state index in [-0.39, 0.29) is 29.5 Å². The molecular weight excluding hydrogens is 587 g/mol. The maximum absolute atomic E-state index is 13.6. The third-order valence-electron chi connectivity index (χ3n) is 5.85. The van der Waals surface area contributed by atoms with Crippen LogP contribution in [0, 0.1) is 0 Å². The van der Waals surface area contributed by atoms with Gasteiger partial charge in [0.2, 0.25) is 10.0 Å². The van der Waals surface area contributed by atoms with Crippen molar-refractivity contribution in [3.05, 3.63) is 102 Å². The average molecular weight is 612 g/mol. The predicted molar refractivity (Wildman–Crippen MR) is 140 cm³/mol. The fourth-order valence-corrected chi connectivity index (χ4v) is 6.16. The van der Waals surface area contributed by atoms with Crippen LogP contribution in [0.15, 0.2) is 99.3 Å². The zero-order valence-corrected chi connectivity index (χ0v) is 23.3. The highest BCUT2D eigenvalue weighted by Gasteiger charge is 2.32. The van der Waals surface area contributed by atoms with Crippen molar-refractivity contribution in [3.63, 3.8) is 0 Å². The van der Waals surface area contributed by atoms with Gasteiger partial charge in [0.25, 0.3) is 0 Å². The maximum Gasteiger partial charge on any atom is 0.416 e. The van der Waals surface area contributed by atoms with Gasteiger partial charge in [-0.1, -0.05) is 12.1 Å². The van der Waals surface area contributed by atoms with Crippen molar-refractivity contribution >= 4 is 20.1 Å². The second kappa shape index (κ2) is 11.8. The zero-order valence-electron chi connectivity index (χ0n) is 21.7. The second-order valence-electron chi connectivity index (χ2n) is 8.58. The van der Waals surface area contributed by atoms with Crippen molar-refractivity contribution < 1.29 is 48.1 Å². The first-order valence-corrected chi connectivity index (χ1v) is 14.6. The molecule has 0 fully saturated rings. The molecular formula is C27H24F3NO8S2. The Labute approximate surface area is 234 Å². The van der Waals surface area contributed by atoms with Crippen molar-refractivity contribution in [3.8, 4) is 17.2 Å². The van der Waals surface area contributed by atoms with Gasteiger partial charge in [-0.3, -0.25) is 0 Å². The molecule has 0 aliphatic rings. The first kappa shape index (κ1) is 30.0. The second-order valence-corrected chi connectivity index (χ2v) is 12.1. The third kappa shape index (κ3) is 7.01. The van der Waals surface area contributed by atoms with E-state index in [0.29, 0.717) is 23.1 Å². The molecule has 0 radical (unpaired) electrons. The molecule has 4 rings (SSSR count). The van der Waals surface area contributed by atoms with E-state index in [2.05, 4.69) is 0 Å². The Morgan fingerprint density at radius 3 is 2.12 bits per heavy atom. The van der Waals surface area contributed by atoms with E-state index < -0.39 is 36.8 Å². The molecule has 0 unspecified atom stereocenters. The zero-order chi connectivity index (χ0) is 29.8. The molecule has 9 nitrogen and oxygen atoms in total. The summed E-state index contributed by atoms with van der Waals surface area (Å²) in [6, 6.07) is 16.2. The Kier molecular flexibility index (Phi) is 8.66. The van der Waals surface area contributed by atoms with Crippen LogP contribution in [0.5, 0.6) is 17.2 Å².